The van der Waals surface area contributed by atoms with Gasteiger partial charge < -0.3 is 9.64 Å². The Morgan fingerprint density at radius 3 is 2.74 bits per heavy atom. The highest BCUT2D eigenvalue weighted by Gasteiger charge is 2.33. The Bertz CT molecular complexity index is 412. The number of aromatic nitrogens is 1. The lowest BCUT2D eigenvalue weighted by molar-refractivity contribution is -0.0799. The van der Waals surface area contributed by atoms with Crippen LogP contribution in [-0.2, 0) is 4.74 Å². The molecule has 0 N–H and O–H groups in total. The van der Waals surface area contributed by atoms with Gasteiger partial charge in [-0.2, -0.15) is 0 Å². The fraction of sp³-hybridized carbons (Fsp3) is 0.688. The van der Waals surface area contributed by atoms with Crippen molar-refractivity contribution in [3.8, 4) is 0 Å². The molecule has 1 aromatic heterocycles. The van der Waals surface area contributed by atoms with E-state index in [-0.39, 0.29) is 5.60 Å². The first-order chi connectivity index (χ1) is 9.12. The van der Waals surface area contributed by atoms with Gasteiger partial charge in [0, 0.05) is 44.6 Å². The molecule has 2 saturated heterocycles. The molecule has 0 spiro atoms. The second-order valence-electron chi connectivity index (χ2n) is 6.66. The Morgan fingerprint density at radius 2 is 2.05 bits per heavy atom. The number of ether oxygens (including phenoxy) is 1. The summed E-state index contributed by atoms with van der Waals surface area (Å²) in [6.45, 7) is 9.03. The van der Waals surface area contributed by atoms with Crippen LogP contribution in [0.1, 0.15) is 38.2 Å². The van der Waals surface area contributed by atoms with Crippen molar-refractivity contribution >= 4 is 0 Å². The zero-order valence-electron chi connectivity index (χ0n) is 12.0. The van der Waals surface area contributed by atoms with Crippen LogP contribution in [0.3, 0.4) is 0 Å². The number of likely N-dealkylation sites (tertiary alicyclic amines) is 1. The highest BCUT2D eigenvalue weighted by molar-refractivity contribution is 5.19. The average molecular weight is 260 g/mol. The molecule has 104 valence electrons. The van der Waals surface area contributed by atoms with Gasteiger partial charge in [-0.1, -0.05) is 0 Å². The molecule has 2 aliphatic rings. The first-order valence-electron chi connectivity index (χ1n) is 7.39. The van der Waals surface area contributed by atoms with Crippen molar-refractivity contribution in [2.45, 2.75) is 38.2 Å². The van der Waals surface area contributed by atoms with Gasteiger partial charge >= 0.3 is 0 Å². The van der Waals surface area contributed by atoms with E-state index in [1.807, 2.05) is 12.4 Å². The summed E-state index contributed by atoms with van der Waals surface area (Å²) in [6, 6.07) is 4.30. The highest BCUT2D eigenvalue weighted by atomic mass is 16.5. The SMILES string of the molecule is CC1(C)C[C@@H](CN2CC(c3ccncc3)C2)CCO1. The summed E-state index contributed by atoms with van der Waals surface area (Å²) < 4.78 is 5.79. The van der Waals surface area contributed by atoms with Crippen molar-refractivity contribution in [1.29, 1.82) is 0 Å². The summed E-state index contributed by atoms with van der Waals surface area (Å²) >= 11 is 0. The molecule has 1 aromatic rings. The molecule has 0 aromatic carbocycles. The molecule has 0 amide bonds. The molecule has 0 bridgehead atoms. The van der Waals surface area contributed by atoms with Crippen LogP contribution in [0.25, 0.3) is 0 Å². The number of rotatable bonds is 3. The van der Waals surface area contributed by atoms with E-state index < -0.39 is 0 Å². The molecule has 0 saturated carbocycles. The molecular formula is C16H24N2O. The Kier molecular flexibility index (Phi) is 3.59. The van der Waals surface area contributed by atoms with Crippen LogP contribution in [0.5, 0.6) is 0 Å². The summed E-state index contributed by atoms with van der Waals surface area (Å²) in [4.78, 5) is 6.68. The van der Waals surface area contributed by atoms with Crippen molar-refractivity contribution < 1.29 is 4.74 Å². The lowest BCUT2D eigenvalue weighted by Crippen LogP contribution is -2.49. The lowest BCUT2D eigenvalue weighted by Gasteiger charge is -2.44. The topological polar surface area (TPSA) is 25.4 Å². The van der Waals surface area contributed by atoms with Gasteiger partial charge in [-0.3, -0.25) is 4.98 Å². The number of pyridine rings is 1. The van der Waals surface area contributed by atoms with Gasteiger partial charge in [-0.05, 0) is 50.3 Å². The predicted molar refractivity (Wildman–Crippen MR) is 76.2 cm³/mol. The van der Waals surface area contributed by atoms with Crippen LogP contribution >= 0.6 is 0 Å². The van der Waals surface area contributed by atoms with Crippen LogP contribution < -0.4 is 0 Å². The van der Waals surface area contributed by atoms with Crippen molar-refractivity contribution in [3.63, 3.8) is 0 Å². The van der Waals surface area contributed by atoms with Crippen molar-refractivity contribution in [2.75, 3.05) is 26.2 Å². The van der Waals surface area contributed by atoms with E-state index in [1.165, 1.54) is 38.0 Å². The fourth-order valence-corrected chi connectivity index (χ4v) is 3.44. The smallest absolute Gasteiger partial charge is 0.0629 e. The Balaban J connectivity index is 1.47. The summed E-state index contributed by atoms with van der Waals surface area (Å²) in [5.74, 6) is 1.53. The molecule has 2 fully saturated rings. The van der Waals surface area contributed by atoms with Gasteiger partial charge in [0.05, 0.1) is 5.60 Å². The molecule has 3 heteroatoms. The molecule has 0 unspecified atom stereocenters. The maximum Gasteiger partial charge on any atom is 0.0629 e. The van der Waals surface area contributed by atoms with Gasteiger partial charge in [0.1, 0.15) is 0 Å². The number of hydrogen-bond donors (Lipinski definition) is 0. The molecule has 1 atom stereocenters. The molecule has 3 rings (SSSR count). The third kappa shape index (κ3) is 3.15. The Morgan fingerprint density at radius 1 is 1.32 bits per heavy atom. The minimum Gasteiger partial charge on any atom is -0.376 e. The zero-order chi connectivity index (χ0) is 13.3. The molecule has 0 aliphatic carbocycles. The van der Waals surface area contributed by atoms with Crippen molar-refractivity contribution in [1.82, 2.24) is 9.88 Å². The molecule has 3 heterocycles. The summed E-state index contributed by atoms with van der Waals surface area (Å²) in [5.41, 5.74) is 1.52. The van der Waals surface area contributed by atoms with E-state index in [9.17, 15) is 0 Å². The van der Waals surface area contributed by atoms with E-state index in [0.29, 0.717) is 0 Å². The molecule has 3 nitrogen and oxygen atoms in total. The van der Waals surface area contributed by atoms with Gasteiger partial charge in [-0.15, -0.1) is 0 Å². The lowest BCUT2D eigenvalue weighted by atomic mass is 9.85. The molecule has 19 heavy (non-hydrogen) atoms. The average Bonchev–Trinajstić information content (AvgIpc) is 2.33. The van der Waals surface area contributed by atoms with Gasteiger partial charge in [0.25, 0.3) is 0 Å². The number of nitrogens with zero attached hydrogens (tertiary/aromatic N) is 2. The summed E-state index contributed by atoms with van der Waals surface area (Å²) in [7, 11) is 0. The first kappa shape index (κ1) is 13.1. The van der Waals surface area contributed by atoms with Crippen LogP contribution in [-0.4, -0.2) is 41.7 Å². The summed E-state index contributed by atoms with van der Waals surface area (Å²) in [6.07, 6.45) is 6.22. The van der Waals surface area contributed by atoms with Gasteiger partial charge in [-0.25, -0.2) is 0 Å². The Labute approximate surface area is 116 Å². The predicted octanol–water partition coefficient (Wildman–Crippen LogP) is 2.69. The van der Waals surface area contributed by atoms with Gasteiger partial charge in [0.15, 0.2) is 0 Å². The summed E-state index contributed by atoms with van der Waals surface area (Å²) in [5, 5.41) is 0. The van der Waals surface area contributed by atoms with Crippen LogP contribution in [0.4, 0.5) is 0 Å². The third-order valence-corrected chi connectivity index (χ3v) is 4.45. The largest absolute Gasteiger partial charge is 0.376 e. The normalized spacial score (nSPS) is 28.0. The zero-order valence-corrected chi connectivity index (χ0v) is 12.0. The van der Waals surface area contributed by atoms with Crippen molar-refractivity contribution in [3.05, 3.63) is 30.1 Å². The van der Waals surface area contributed by atoms with Crippen LogP contribution in [0.15, 0.2) is 24.5 Å². The van der Waals surface area contributed by atoms with E-state index in [4.69, 9.17) is 4.74 Å². The van der Waals surface area contributed by atoms with Crippen molar-refractivity contribution in [2.24, 2.45) is 5.92 Å². The standard InChI is InChI=1S/C16H24N2O/c1-16(2)9-13(5-8-19-16)10-18-11-15(12-18)14-3-6-17-7-4-14/h3-4,6-7,13,15H,5,8-12H2,1-2H3/t13-/m0/s1. The molecular weight excluding hydrogens is 236 g/mol. The Hall–Kier alpha value is -0.930. The van der Waals surface area contributed by atoms with E-state index >= 15 is 0 Å². The molecule has 0 radical (unpaired) electrons. The maximum atomic E-state index is 5.79. The second-order valence-corrected chi connectivity index (χ2v) is 6.66. The van der Waals surface area contributed by atoms with E-state index in [0.717, 1.165) is 18.4 Å². The van der Waals surface area contributed by atoms with Gasteiger partial charge in [0.2, 0.25) is 0 Å². The minimum atomic E-state index is 0.0816. The fourth-order valence-electron chi connectivity index (χ4n) is 3.44. The van der Waals surface area contributed by atoms with Crippen LogP contribution in [0.2, 0.25) is 0 Å². The number of hydrogen-bond acceptors (Lipinski definition) is 3. The van der Waals surface area contributed by atoms with E-state index in [2.05, 4.69) is 35.9 Å². The van der Waals surface area contributed by atoms with E-state index in [1.54, 1.807) is 0 Å². The third-order valence-electron chi connectivity index (χ3n) is 4.45. The van der Waals surface area contributed by atoms with Crippen LogP contribution in [0, 0.1) is 5.92 Å². The maximum absolute atomic E-state index is 5.79. The highest BCUT2D eigenvalue weighted by Crippen LogP contribution is 2.32. The monoisotopic (exact) mass is 260 g/mol. The minimum absolute atomic E-state index is 0.0816. The second kappa shape index (κ2) is 5.22. The first-order valence-corrected chi connectivity index (χ1v) is 7.39. The molecule has 2 aliphatic heterocycles. The quantitative estimate of drug-likeness (QED) is 0.835.